The van der Waals surface area contributed by atoms with Gasteiger partial charge in [-0.05, 0) is 49.2 Å². The van der Waals surface area contributed by atoms with Crippen molar-refractivity contribution >= 4 is 21.0 Å². The van der Waals surface area contributed by atoms with Gasteiger partial charge >= 0.3 is 0 Å². The topological polar surface area (TPSA) is 85.7 Å². The predicted molar refractivity (Wildman–Crippen MR) is 106 cm³/mol. The van der Waals surface area contributed by atoms with E-state index in [0.717, 1.165) is 28.6 Å². The van der Waals surface area contributed by atoms with Crippen LogP contribution in [0.25, 0.3) is 10.9 Å². The average molecular weight is 399 g/mol. The van der Waals surface area contributed by atoms with E-state index in [0.29, 0.717) is 23.5 Å². The van der Waals surface area contributed by atoms with E-state index in [1.54, 1.807) is 12.1 Å². The lowest BCUT2D eigenvalue weighted by Gasteiger charge is -2.28. The molecule has 7 heteroatoms. The molecule has 1 atom stereocenters. The molecule has 1 aromatic heterocycles. The standard InChI is InChI=1S/C21H21NO5S/c1-3-15-5-6-17-18(22-15)7-8-19-21(17)27-16(12-26-19)11-14-10-13(2)4-9-20(14)28(23,24)25/h4-10,16H,3,11-12H2,1-2H3,(H,23,24,25). The summed E-state index contributed by atoms with van der Waals surface area (Å²) in [5.74, 6) is 1.26. The number of ether oxygens (including phenoxy) is 2. The van der Waals surface area contributed by atoms with Gasteiger partial charge in [0.1, 0.15) is 12.7 Å². The van der Waals surface area contributed by atoms with E-state index in [9.17, 15) is 13.0 Å². The number of rotatable bonds is 4. The summed E-state index contributed by atoms with van der Waals surface area (Å²) in [5, 5.41) is 0.860. The van der Waals surface area contributed by atoms with Gasteiger partial charge in [0.25, 0.3) is 10.1 Å². The monoisotopic (exact) mass is 399 g/mol. The summed E-state index contributed by atoms with van der Waals surface area (Å²) in [5.41, 5.74) is 3.24. The Bertz CT molecular complexity index is 1160. The van der Waals surface area contributed by atoms with Gasteiger partial charge in [-0.1, -0.05) is 24.6 Å². The molecule has 0 aliphatic carbocycles. The number of pyridine rings is 1. The van der Waals surface area contributed by atoms with Gasteiger partial charge in [0.2, 0.25) is 0 Å². The van der Waals surface area contributed by atoms with E-state index in [1.807, 2.05) is 31.2 Å². The molecule has 0 radical (unpaired) electrons. The van der Waals surface area contributed by atoms with Crippen molar-refractivity contribution in [2.45, 2.75) is 37.7 Å². The smallest absolute Gasteiger partial charge is 0.294 e. The Hall–Kier alpha value is -2.64. The molecule has 0 amide bonds. The maximum Gasteiger partial charge on any atom is 0.294 e. The van der Waals surface area contributed by atoms with E-state index >= 15 is 0 Å². The lowest BCUT2D eigenvalue weighted by Crippen LogP contribution is -2.31. The van der Waals surface area contributed by atoms with Crippen LogP contribution < -0.4 is 9.47 Å². The Balaban J connectivity index is 1.68. The van der Waals surface area contributed by atoms with Crippen molar-refractivity contribution in [3.8, 4) is 11.5 Å². The molecule has 2 heterocycles. The quantitative estimate of drug-likeness (QED) is 0.673. The van der Waals surface area contributed by atoms with Crippen LogP contribution in [0.2, 0.25) is 0 Å². The second-order valence-corrected chi connectivity index (χ2v) is 8.35. The summed E-state index contributed by atoms with van der Waals surface area (Å²) < 4.78 is 45.0. The number of hydrogen-bond donors (Lipinski definition) is 1. The fourth-order valence-electron chi connectivity index (χ4n) is 3.48. The van der Waals surface area contributed by atoms with Gasteiger partial charge in [0.05, 0.1) is 10.4 Å². The van der Waals surface area contributed by atoms with Gasteiger partial charge in [-0.25, -0.2) is 0 Å². The summed E-state index contributed by atoms with van der Waals surface area (Å²) in [6, 6.07) is 12.5. The first-order chi connectivity index (χ1) is 13.3. The minimum atomic E-state index is -4.31. The van der Waals surface area contributed by atoms with Crippen LogP contribution in [-0.4, -0.2) is 30.7 Å². The molecule has 28 heavy (non-hydrogen) atoms. The van der Waals surface area contributed by atoms with E-state index in [-0.39, 0.29) is 17.6 Å². The zero-order valence-electron chi connectivity index (χ0n) is 15.7. The Morgan fingerprint density at radius 2 is 2.00 bits per heavy atom. The zero-order valence-corrected chi connectivity index (χ0v) is 16.5. The van der Waals surface area contributed by atoms with Crippen LogP contribution in [0.1, 0.15) is 23.7 Å². The minimum absolute atomic E-state index is 0.0975. The molecule has 0 saturated heterocycles. The molecule has 6 nitrogen and oxygen atoms in total. The second-order valence-electron chi connectivity index (χ2n) is 6.96. The molecule has 146 valence electrons. The largest absolute Gasteiger partial charge is 0.486 e. The number of aromatic nitrogens is 1. The third kappa shape index (κ3) is 3.55. The highest BCUT2D eigenvalue weighted by Gasteiger charge is 2.26. The van der Waals surface area contributed by atoms with Crippen molar-refractivity contribution in [1.82, 2.24) is 4.98 Å². The Morgan fingerprint density at radius 3 is 2.75 bits per heavy atom. The molecule has 0 bridgehead atoms. The highest BCUT2D eigenvalue weighted by Crippen LogP contribution is 2.39. The molecule has 0 saturated carbocycles. The van der Waals surface area contributed by atoms with Gasteiger partial charge in [-0.2, -0.15) is 8.42 Å². The van der Waals surface area contributed by atoms with Gasteiger partial charge in [-0.3, -0.25) is 9.54 Å². The van der Waals surface area contributed by atoms with Crippen molar-refractivity contribution in [3.63, 3.8) is 0 Å². The first kappa shape index (κ1) is 18.7. The SMILES string of the molecule is CCc1ccc2c3c(ccc2n1)OCC(Cc1cc(C)ccc1S(=O)(=O)O)O3. The highest BCUT2D eigenvalue weighted by atomic mass is 32.2. The average Bonchev–Trinajstić information content (AvgIpc) is 2.66. The van der Waals surface area contributed by atoms with Crippen molar-refractivity contribution in [3.05, 3.63) is 59.3 Å². The fourth-order valence-corrected chi connectivity index (χ4v) is 4.19. The van der Waals surface area contributed by atoms with E-state index < -0.39 is 10.1 Å². The van der Waals surface area contributed by atoms with Gasteiger partial charge in [-0.15, -0.1) is 0 Å². The Labute approximate surface area is 163 Å². The van der Waals surface area contributed by atoms with Crippen LogP contribution in [0.5, 0.6) is 11.5 Å². The maximum absolute atomic E-state index is 11.7. The molecule has 1 unspecified atom stereocenters. The van der Waals surface area contributed by atoms with Crippen LogP contribution in [0.15, 0.2) is 47.4 Å². The van der Waals surface area contributed by atoms with Crippen LogP contribution in [0.3, 0.4) is 0 Å². The fraction of sp³-hybridized carbons (Fsp3) is 0.286. The molecule has 1 aliphatic rings. The van der Waals surface area contributed by atoms with E-state index in [4.69, 9.17) is 9.47 Å². The second kappa shape index (κ2) is 7.07. The molecule has 3 aromatic rings. The summed E-state index contributed by atoms with van der Waals surface area (Å²) >= 11 is 0. The maximum atomic E-state index is 11.7. The molecule has 1 N–H and O–H groups in total. The van der Waals surface area contributed by atoms with Gasteiger partial charge < -0.3 is 9.47 Å². The first-order valence-corrected chi connectivity index (χ1v) is 10.6. The minimum Gasteiger partial charge on any atom is -0.486 e. The Kier molecular flexibility index (Phi) is 4.72. The molecule has 0 spiro atoms. The van der Waals surface area contributed by atoms with Gasteiger partial charge in [0.15, 0.2) is 11.5 Å². The normalized spacial score (nSPS) is 16.3. The molecule has 0 fully saturated rings. The third-order valence-corrected chi connectivity index (χ3v) is 5.81. The molecule has 1 aliphatic heterocycles. The molecule has 4 rings (SSSR count). The first-order valence-electron chi connectivity index (χ1n) is 9.14. The number of nitrogens with zero attached hydrogens (tertiary/aromatic N) is 1. The lowest BCUT2D eigenvalue weighted by molar-refractivity contribution is 0.0929. The van der Waals surface area contributed by atoms with Crippen molar-refractivity contribution in [2.75, 3.05) is 6.61 Å². The van der Waals surface area contributed by atoms with E-state index in [1.165, 1.54) is 6.07 Å². The molecule has 2 aromatic carbocycles. The van der Waals surface area contributed by atoms with E-state index in [2.05, 4.69) is 11.9 Å². The summed E-state index contributed by atoms with van der Waals surface area (Å²) in [6.45, 7) is 4.21. The number of aryl methyl sites for hydroxylation is 2. The van der Waals surface area contributed by atoms with Crippen molar-refractivity contribution in [2.24, 2.45) is 0 Å². The lowest BCUT2D eigenvalue weighted by atomic mass is 10.0. The molecular formula is C21H21NO5S. The van der Waals surface area contributed by atoms with Gasteiger partial charge in [0, 0.05) is 17.5 Å². The zero-order chi connectivity index (χ0) is 19.9. The Morgan fingerprint density at radius 1 is 1.18 bits per heavy atom. The van der Waals surface area contributed by atoms with Crippen LogP contribution in [-0.2, 0) is 23.0 Å². The summed E-state index contributed by atoms with van der Waals surface area (Å²) in [6.07, 6.45) is 0.762. The summed E-state index contributed by atoms with van der Waals surface area (Å²) in [7, 11) is -4.31. The number of hydrogen-bond acceptors (Lipinski definition) is 5. The van der Waals surface area contributed by atoms with Crippen LogP contribution in [0, 0.1) is 6.92 Å². The van der Waals surface area contributed by atoms with Crippen LogP contribution >= 0.6 is 0 Å². The number of fused-ring (bicyclic) bond motifs is 3. The highest BCUT2D eigenvalue weighted by molar-refractivity contribution is 7.85. The third-order valence-electron chi connectivity index (χ3n) is 4.86. The molecular weight excluding hydrogens is 378 g/mol. The summed E-state index contributed by atoms with van der Waals surface area (Å²) in [4.78, 5) is 4.52. The van der Waals surface area contributed by atoms with Crippen molar-refractivity contribution in [1.29, 1.82) is 0 Å². The van der Waals surface area contributed by atoms with Crippen molar-refractivity contribution < 1.29 is 22.4 Å². The predicted octanol–water partition coefficient (Wildman–Crippen LogP) is 3.73. The van der Waals surface area contributed by atoms with Crippen LogP contribution in [0.4, 0.5) is 0 Å². The number of benzene rings is 2.